The highest BCUT2D eigenvalue weighted by Gasteiger charge is 2.33. The fourth-order valence-electron chi connectivity index (χ4n) is 4.13. The van der Waals surface area contributed by atoms with Gasteiger partial charge in [0.15, 0.2) is 0 Å². The van der Waals surface area contributed by atoms with Gasteiger partial charge in [0.1, 0.15) is 5.01 Å². The van der Waals surface area contributed by atoms with E-state index in [-0.39, 0.29) is 16.8 Å². The fourth-order valence-corrected chi connectivity index (χ4v) is 6.38. The molecule has 0 aliphatic carbocycles. The number of para-hydroxylation sites is 2. The predicted octanol–water partition coefficient (Wildman–Crippen LogP) is 5.38. The van der Waals surface area contributed by atoms with E-state index in [4.69, 9.17) is 4.98 Å². The largest absolute Gasteiger partial charge is 0.329 e. The lowest BCUT2D eigenvalue weighted by Crippen LogP contribution is -2.30. The van der Waals surface area contributed by atoms with Crippen LogP contribution in [0.25, 0.3) is 10.2 Å². The first-order valence-electron chi connectivity index (χ1n) is 10.8. The van der Waals surface area contributed by atoms with Gasteiger partial charge in [-0.3, -0.25) is 9.52 Å². The highest BCUT2D eigenvalue weighted by molar-refractivity contribution is 7.92. The number of likely N-dealkylation sites (tertiary alicyclic amines) is 1. The molecule has 0 unspecified atom stereocenters. The summed E-state index contributed by atoms with van der Waals surface area (Å²) >= 11 is 1.63. The highest BCUT2D eigenvalue weighted by atomic mass is 32.2. The Bertz CT molecular complexity index is 1400. The lowest BCUT2D eigenvalue weighted by molar-refractivity contribution is 0.0735. The van der Waals surface area contributed by atoms with Crippen LogP contribution in [0.2, 0.25) is 0 Å². The van der Waals surface area contributed by atoms with E-state index in [1.54, 1.807) is 35.6 Å². The summed E-state index contributed by atoms with van der Waals surface area (Å²) in [6.07, 6.45) is 1.79. The molecule has 1 saturated heterocycles. The van der Waals surface area contributed by atoms with E-state index in [2.05, 4.69) is 4.72 Å². The van der Waals surface area contributed by atoms with Gasteiger partial charge in [0.25, 0.3) is 15.9 Å². The van der Waals surface area contributed by atoms with Crippen molar-refractivity contribution < 1.29 is 13.2 Å². The number of nitrogens with zero attached hydrogens (tertiary/aromatic N) is 2. The number of amides is 1. The van der Waals surface area contributed by atoms with Gasteiger partial charge in [0.05, 0.1) is 26.8 Å². The summed E-state index contributed by atoms with van der Waals surface area (Å²) in [5, 5.41) is 0.948. The molecule has 1 aliphatic heterocycles. The van der Waals surface area contributed by atoms with Crippen LogP contribution in [-0.4, -0.2) is 30.8 Å². The number of fused-ring (bicyclic) bond motifs is 1. The first-order valence-corrected chi connectivity index (χ1v) is 13.1. The zero-order valence-corrected chi connectivity index (χ0v) is 19.7. The number of hydrogen-bond acceptors (Lipinski definition) is 5. The molecule has 0 radical (unpaired) electrons. The van der Waals surface area contributed by atoms with E-state index in [1.807, 2.05) is 48.2 Å². The van der Waals surface area contributed by atoms with Crippen LogP contribution in [0.3, 0.4) is 0 Å². The minimum atomic E-state index is -3.75. The van der Waals surface area contributed by atoms with Gasteiger partial charge >= 0.3 is 0 Å². The Hall–Kier alpha value is -3.23. The number of nitrogens with one attached hydrogen (secondary N) is 1. The van der Waals surface area contributed by atoms with Gasteiger partial charge < -0.3 is 4.90 Å². The Kier molecular flexibility index (Phi) is 5.64. The summed E-state index contributed by atoms with van der Waals surface area (Å²) in [6.45, 7) is 2.51. The average molecular weight is 478 g/mol. The maximum absolute atomic E-state index is 13.3. The topological polar surface area (TPSA) is 79.4 Å². The minimum Gasteiger partial charge on any atom is -0.329 e. The third kappa shape index (κ3) is 4.24. The number of rotatable bonds is 5. The van der Waals surface area contributed by atoms with Crippen LogP contribution < -0.4 is 4.72 Å². The van der Waals surface area contributed by atoms with Gasteiger partial charge in [-0.05, 0) is 67.8 Å². The Morgan fingerprint density at radius 3 is 2.52 bits per heavy atom. The highest BCUT2D eigenvalue weighted by Crippen LogP contribution is 2.37. The first kappa shape index (κ1) is 21.6. The van der Waals surface area contributed by atoms with Crippen LogP contribution in [0.15, 0.2) is 77.7 Å². The third-order valence-electron chi connectivity index (χ3n) is 5.91. The molecule has 1 N–H and O–H groups in total. The fraction of sp³-hybridized carbons (Fsp3) is 0.200. The number of anilines is 1. The van der Waals surface area contributed by atoms with E-state index in [1.165, 1.54) is 12.1 Å². The van der Waals surface area contributed by atoms with Crippen molar-refractivity contribution in [3.05, 3.63) is 88.9 Å². The first-order chi connectivity index (χ1) is 15.9. The lowest BCUT2D eigenvalue weighted by Gasteiger charge is -2.23. The summed E-state index contributed by atoms with van der Waals surface area (Å²) in [4.78, 5) is 20.0. The van der Waals surface area contributed by atoms with Crippen molar-refractivity contribution in [1.82, 2.24) is 9.88 Å². The van der Waals surface area contributed by atoms with E-state index in [0.717, 1.165) is 33.6 Å². The summed E-state index contributed by atoms with van der Waals surface area (Å²) < 4.78 is 29.3. The Morgan fingerprint density at radius 2 is 1.76 bits per heavy atom. The SMILES string of the molecule is Cc1ccccc1NS(=O)(=O)c1ccc(C(=O)N2CCC[C@H]2c2nc3ccccc3s2)cc1. The Morgan fingerprint density at radius 1 is 1.03 bits per heavy atom. The molecule has 1 aromatic heterocycles. The minimum absolute atomic E-state index is 0.0546. The maximum atomic E-state index is 13.3. The number of aryl methyl sites for hydroxylation is 1. The molecule has 2 heterocycles. The van der Waals surface area contributed by atoms with Crippen molar-refractivity contribution in [3.8, 4) is 0 Å². The number of aromatic nitrogens is 1. The van der Waals surface area contributed by atoms with Gasteiger partial charge in [-0.25, -0.2) is 13.4 Å². The molecular weight excluding hydrogens is 454 g/mol. The van der Waals surface area contributed by atoms with Crippen LogP contribution >= 0.6 is 11.3 Å². The van der Waals surface area contributed by atoms with Crippen molar-refractivity contribution in [1.29, 1.82) is 0 Å². The van der Waals surface area contributed by atoms with Crippen molar-refractivity contribution in [2.75, 3.05) is 11.3 Å². The molecule has 4 aromatic rings. The molecule has 33 heavy (non-hydrogen) atoms. The molecule has 0 spiro atoms. The number of hydrogen-bond donors (Lipinski definition) is 1. The second-order valence-corrected chi connectivity index (χ2v) is 10.9. The summed E-state index contributed by atoms with van der Waals surface area (Å²) in [5.41, 5.74) is 2.79. The van der Waals surface area contributed by atoms with Crippen molar-refractivity contribution in [2.45, 2.75) is 30.7 Å². The normalized spacial score (nSPS) is 16.3. The summed E-state index contributed by atoms with van der Waals surface area (Å²) in [5.74, 6) is -0.104. The molecule has 1 amide bonds. The second kappa shape index (κ2) is 8.61. The number of carbonyl (C=O) groups is 1. The van der Waals surface area contributed by atoms with Crippen LogP contribution in [0, 0.1) is 6.92 Å². The van der Waals surface area contributed by atoms with Gasteiger partial charge in [0, 0.05) is 12.1 Å². The molecule has 0 saturated carbocycles. The summed E-state index contributed by atoms with van der Waals surface area (Å²) in [6, 6.07) is 21.3. The van der Waals surface area contributed by atoms with Crippen LogP contribution in [0.4, 0.5) is 5.69 Å². The molecule has 168 valence electrons. The number of sulfonamides is 1. The molecule has 0 bridgehead atoms. The van der Waals surface area contributed by atoms with E-state index < -0.39 is 10.0 Å². The van der Waals surface area contributed by atoms with Gasteiger partial charge in [0.2, 0.25) is 0 Å². The quantitative estimate of drug-likeness (QED) is 0.418. The van der Waals surface area contributed by atoms with Crippen molar-refractivity contribution in [3.63, 3.8) is 0 Å². The standard InChI is InChI=1S/C25H23N3O3S2/c1-17-7-2-3-8-20(17)27-33(30,31)19-14-12-18(13-15-19)25(29)28-16-6-10-22(28)24-26-21-9-4-5-11-23(21)32-24/h2-5,7-9,11-15,22,27H,6,10,16H2,1H3/t22-/m0/s1. The number of carbonyl (C=O) groups excluding carboxylic acids is 1. The molecule has 8 heteroatoms. The third-order valence-corrected chi connectivity index (χ3v) is 8.43. The second-order valence-electron chi connectivity index (χ2n) is 8.12. The van der Waals surface area contributed by atoms with Crippen LogP contribution in [-0.2, 0) is 10.0 Å². The monoisotopic (exact) mass is 477 g/mol. The average Bonchev–Trinajstić information content (AvgIpc) is 3.47. The van der Waals surface area contributed by atoms with Crippen LogP contribution in [0.5, 0.6) is 0 Å². The van der Waals surface area contributed by atoms with E-state index in [9.17, 15) is 13.2 Å². The Labute approximate surface area is 197 Å². The van der Waals surface area contributed by atoms with Gasteiger partial charge in [-0.15, -0.1) is 11.3 Å². The lowest BCUT2D eigenvalue weighted by atomic mass is 10.1. The molecule has 1 fully saturated rings. The van der Waals surface area contributed by atoms with Gasteiger partial charge in [-0.2, -0.15) is 0 Å². The van der Waals surface area contributed by atoms with Gasteiger partial charge in [-0.1, -0.05) is 30.3 Å². The zero-order chi connectivity index (χ0) is 23.0. The maximum Gasteiger partial charge on any atom is 0.261 e. The van der Waals surface area contributed by atoms with E-state index in [0.29, 0.717) is 17.8 Å². The molecular formula is C25H23N3O3S2. The molecule has 6 nitrogen and oxygen atoms in total. The molecule has 1 aliphatic rings. The summed E-state index contributed by atoms with van der Waals surface area (Å²) in [7, 11) is -3.75. The Balaban J connectivity index is 1.36. The zero-order valence-electron chi connectivity index (χ0n) is 18.1. The predicted molar refractivity (Wildman–Crippen MR) is 131 cm³/mol. The van der Waals surface area contributed by atoms with Crippen molar-refractivity contribution >= 4 is 43.2 Å². The van der Waals surface area contributed by atoms with E-state index >= 15 is 0 Å². The smallest absolute Gasteiger partial charge is 0.261 e. The van der Waals surface area contributed by atoms with Crippen LogP contribution in [0.1, 0.15) is 39.8 Å². The van der Waals surface area contributed by atoms with Crippen molar-refractivity contribution in [2.24, 2.45) is 0 Å². The molecule has 5 rings (SSSR count). The molecule has 1 atom stereocenters. The number of benzene rings is 3. The molecule has 3 aromatic carbocycles. The number of thiazole rings is 1.